The van der Waals surface area contributed by atoms with E-state index >= 15 is 0 Å². The SMILES string of the molecule is COC(=O)c1cccn2c(C3CCCN(C)C3)ncc12. The Bertz CT molecular complexity index is 635. The summed E-state index contributed by atoms with van der Waals surface area (Å²) in [6, 6.07) is 3.65. The van der Waals surface area contributed by atoms with Gasteiger partial charge in [-0.1, -0.05) is 0 Å². The number of likely N-dealkylation sites (N-methyl/N-ethyl adjacent to an activating group) is 1. The third-order valence-electron chi connectivity index (χ3n) is 3.99. The van der Waals surface area contributed by atoms with Gasteiger partial charge in [-0.2, -0.15) is 0 Å². The number of carbonyl (C=O) groups is 1. The number of methoxy groups -OCH3 is 1. The first-order valence-corrected chi connectivity index (χ1v) is 6.93. The van der Waals surface area contributed by atoms with E-state index in [1.807, 2.05) is 16.7 Å². The molecule has 1 unspecified atom stereocenters. The number of aromatic nitrogens is 2. The van der Waals surface area contributed by atoms with E-state index in [4.69, 9.17) is 4.74 Å². The zero-order chi connectivity index (χ0) is 14.1. The van der Waals surface area contributed by atoms with Gasteiger partial charge < -0.3 is 14.0 Å². The van der Waals surface area contributed by atoms with E-state index in [-0.39, 0.29) is 5.97 Å². The molecule has 1 aliphatic rings. The third-order valence-corrected chi connectivity index (χ3v) is 3.99. The molecule has 0 aromatic carbocycles. The second kappa shape index (κ2) is 5.25. The van der Waals surface area contributed by atoms with Crippen molar-refractivity contribution in [2.24, 2.45) is 0 Å². The third kappa shape index (κ3) is 2.18. The zero-order valence-electron chi connectivity index (χ0n) is 11.9. The molecule has 1 atom stereocenters. The van der Waals surface area contributed by atoms with Gasteiger partial charge in [0.2, 0.25) is 0 Å². The summed E-state index contributed by atoms with van der Waals surface area (Å²) in [5.74, 6) is 1.14. The molecule has 5 nitrogen and oxygen atoms in total. The molecule has 0 amide bonds. The topological polar surface area (TPSA) is 46.8 Å². The summed E-state index contributed by atoms with van der Waals surface area (Å²) in [6.07, 6.45) is 6.08. The first-order valence-electron chi connectivity index (χ1n) is 6.93. The lowest BCUT2D eigenvalue weighted by Crippen LogP contribution is -2.31. The van der Waals surface area contributed by atoms with Crippen molar-refractivity contribution in [3.8, 4) is 0 Å². The Kier molecular flexibility index (Phi) is 3.44. The van der Waals surface area contributed by atoms with E-state index in [9.17, 15) is 4.79 Å². The van der Waals surface area contributed by atoms with Crippen LogP contribution in [0.3, 0.4) is 0 Å². The molecule has 0 radical (unpaired) electrons. The van der Waals surface area contributed by atoms with E-state index in [2.05, 4.69) is 16.9 Å². The van der Waals surface area contributed by atoms with Crippen LogP contribution < -0.4 is 0 Å². The summed E-state index contributed by atoms with van der Waals surface area (Å²) in [6.45, 7) is 2.16. The highest BCUT2D eigenvalue weighted by molar-refractivity contribution is 5.96. The van der Waals surface area contributed by atoms with Crippen molar-refractivity contribution in [2.45, 2.75) is 18.8 Å². The van der Waals surface area contributed by atoms with Gasteiger partial charge in [0.1, 0.15) is 5.82 Å². The van der Waals surface area contributed by atoms with Gasteiger partial charge in [-0.15, -0.1) is 0 Å². The molecule has 1 fully saturated rings. The second-order valence-corrected chi connectivity index (χ2v) is 5.39. The minimum absolute atomic E-state index is 0.317. The fourth-order valence-electron chi connectivity index (χ4n) is 3.00. The Hall–Kier alpha value is -1.88. The van der Waals surface area contributed by atoms with Gasteiger partial charge >= 0.3 is 5.97 Å². The van der Waals surface area contributed by atoms with Gasteiger partial charge in [0, 0.05) is 18.7 Å². The molecule has 3 heterocycles. The molecule has 2 aromatic rings. The molecule has 0 spiro atoms. The van der Waals surface area contributed by atoms with Crippen LogP contribution in [-0.4, -0.2) is 47.5 Å². The number of likely N-dealkylation sites (tertiary alicyclic amines) is 1. The van der Waals surface area contributed by atoms with Gasteiger partial charge in [0.15, 0.2) is 0 Å². The Labute approximate surface area is 118 Å². The van der Waals surface area contributed by atoms with Crippen molar-refractivity contribution in [3.05, 3.63) is 35.9 Å². The minimum atomic E-state index is -0.317. The second-order valence-electron chi connectivity index (χ2n) is 5.39. The largest absolute Gasteiger partial charge is 0.465 e. The molecule has 106 valence electrons. The number of piperidine rings is 1. The molecule has 5 heteroatoms. The average Bonchev–Trinajstić information content (AvgIpc) is 2.90. The number of fused-ring (bicyclic) bond motifs is 1. The summed E-state index contributed by atoms with van der Waals surface area (Å²) < 4.78 is 6.85. The van der Waals surface area contributed by atoms with E-state index < -0.39 is 0 Å². The van der Waals surface area contributed by atoms with Crippen LogP contribution in [0, 0.1) is 0 Å². The van der Waals surface area contributed by atoms with E-state index in [1.165, 1.54) is 13.5 Å². The minimum Gasteiger partial charge on any atom is -0.465 e. The van der Waals surface area contributed by atoms with E-state index in [0.29, 0.717) is 11.5 Å². The Morgan fingerprint density at radius 2 is 2.35 bits per heavy atom. The molecule has 2 aromatic heterocycles. The predicted molar refractivity (Wildman–Crippen MR) is 76.0 cm³/mol. The summed E-state index contributed by atoms with van der Waals surface area (Å²) >= 11 is 0. The van der Waals surface area contributed by atoms with Crippen molar-refractivity contribution in [3.63, 3.8) is 0 Å². The number of nitrogens with zero attached hydrogens (tertiary/aromatic N) is 3. The van der Waals surface area contributed by atoms with Crippen LogP contribution in [0.1, 0.15) is 34.9 Å². The Morgan fingerprint density at radius 1 is 1.50 bits per heavy atom. The number of esters is 1. The number of pyridine rings is 1. The van der Waals surface area contributed by atoms with Crippen LogP contribution in [0.2, 0.25) is 0 Å². The quantitative estimate of drug-likeness (QED) is 0.784. The molecule has 0 N–H and O–H groups in total. The Morgan fingerprint density at radius 3 is 3.10 bits per heavy atom. The molecular formula is C15H19N3O2. The highest BCUT2D eigenvalue weighted by Crippen LogP contribution is 2.26. The van der Waals surface area contributed by atoms with Crippen molar-refractivity contribution in [2.75, 3.05) is 27.2 Å². The summed E-state index contributed by atoms with van der Waals surface area (Å²) in [5.41, 5.74) is 1.39. The number of hydrogen-bond donors (Lipinski definition) is 0. The van der Waals surface area contributed by atoms with Crippen LogP contribution in [0.4, 0.5) is 0 Å². The average molecular weight is 273 g/mol. The van der Waals surface area contributed by atoms with Crippen LogP contribution in [0.15, 0.2) is 24.5 Å². The monoisotopic (exact) mass is 273 g/mol. The number of ether oxygens (including phenoxy) is 1. The lowest BCUT2D eigenvalue weighted by atomic mass is 9.98. The number of rotatable bonds is 2. The normalized spacial score (nSPS) is 20.2. The predicted octanol–water partition coefficient (Wildman–Crippen LogP) is 1.93. The van der Waals surface area contributed by atoms with Crippen LogP contribution in [0.5, 0.6) is 0 Å². The Balaban J connectivity index is 2.03. The molecule has 20 heavy (non-hydrogen) atoms. The molecule has 0 bridgehead atoms. The number of carbonyl (C=O) groups excluding carboxylic acids is 1. The van der Waals surface area contributed by atoms with Crippen LogP contribution in [-0.2, 0) is 4.74 Å². The van der Waals surface area contributed by atoms with Gasteiger partial charge in [-0.3, -0.25) is 0 Å². The van der Waals surface area contributed by atoms with Crippen molar-refractivity contribution < 1.29 is 9.53 Å². The highest BCUT2D eigenvalue weighted by Gasteiger charge is 2.23. The van der Waals surface area contributed by atoms with Crippen LogP contribution in [0.25, 0.3) is 5.52 Å². The van der Waals surface area contributed by atoms with Crippen molar-refractivity contribution in [1.29, 1.82) is 0 Å². The molecule has 1 aliphatic heterocycles. The maximum Gasteiger partial charge on any atom is 0.340 e. The maximum absolute atomic E-state index is 11.8. The zero-order valence-corrected chi connectivity index (χ0v) is 11.9. The van der Waals surface area contributed by atoms with Crippen molar-refractivity contribution >= 4 is 11.5 Å². The van der Waals surface area contributed by atoms with E-state index in [0.717, 1.165) is 30.9 Å². The van der Waals surface area contributed by atoms with Gasteiger partial charge in [0.05, 0.1) is 24.4 Å². The highest BCUT2D eigenvalue weighted by atomic mass is 16.5. The van der Waals surface area contributed by atoms with Gasteiger partial charge in [-0.25, -0.2) is 9.78 Å². The summed E-state index contributed by atoms with van der Waals surface area (Å²) in [4.78, 5) is 18.7. The first-order chi connectivity index (χ1) is 9.70. The lowest BCUT2D eigenvalue weighted by Gasteiger charge is -2.28. The van der Waals surface area contributed by atoms with Crippen molar-refractivity contribution in [1.82, 2.24) is 14.3 Å². The van der Waals surface area contributed by atoms with Gasteiger partial charge in [0.25, 0.3) is 0 Å². The number of hydrogen-bond acceptors (Lipinski definition) is 4. The fraction of sp³-hybridized carbons (Fsp3) is 0.467. The maximum atomic E-state index is 11.8. The molecular weight excluding hydrogens is 254 g/mol. The first kappa shape index (κ1) is 13.1. The summed E-state index contributed by atoms with van der Waals surface area (Å²) in [7, 11) is 3.54. The molecule has 0 aliphatic carbocycles. The van der Waals surface area contributed by atoms with E-state index in [1.54, 1.807) is 12.3 Å². The fourth-order valence-corrected chi connectivity index (χ4v) is 3.00. The smallest absolute Gasteiger partial charge is 0.340 e. The standard InChI is InChI=1S/C15H19N3O2/c1-17-7-3-5-11(10-17)14-16-9-13-12(15(19)20-2)6-4-8-18(13)14/h4,6,8-9,11H,3,5,7,10H2,1-2H3. The molecule has 0 saturated carbocycles. The number of imidazole rings is 1. The van der Waals surface area contributed by atoms with Crippen LogP contribution >= 0.6 is 0 Å². The lowest BCUT2D eigenvalue weighted by molar-refractivity contribution is 0.0602. The molecule has 3 rings (SSSR count). The molecule has 1 saturated heterocycles. The van der Waals surface area contributed by atoms with Gasteiger partial charge in [-0.05, 0) is 38.6 Å². The summed E-state index contributed by atoms with van der Waals surface area (Å²) in [5, 5.41) is 0.